The largest absolute Gasteiger partial charge is 0.497 e. The van der Waals surface area contributed by atoms with E-state index in [0.717, 1.165) is 0 Å². The lowest BCUT2D eigenvalue weighted by atomic mass is 9.77. The predicted octanol–water partition coefficient (Wildman–Crippen LogP) is 1.07. The first-order valence-electron chi connectivity index (χ1n) is 7.99. The highest BCUT2D eigenvalue weighted by atomic mass is 16.6. The number of carbonyl (C=O) groups is 3. The Balaban J connectivity index is 1.66. The third kappa shape index (κ3) is 2.19. The number of ether oxygens (including phenoxy) is 3. The number of anilines is 1. The highest BCUT2D eigenvalue weighted by Gasteiger charge is 2.68. The van der Waals surface area contributed by atoms with Crippen LogP contribution in [0.25, 0.3) is 0 Å². The van der Waals surface area contributed by atoms with E-state index in [2.05, 4.69) is 0 Å². The maximum Gasteiger partial charge on any atom is 0.302 e. The van der Waals surface area contributed by atoms with Crippen molar-refractivity contribution in [3.63, 3.8) is 0 Å². The van der Waals surface area contributed by atoms with Gasteiger partial charge in [-0.3, -0.25) is 14.4 Å². The molecule has 3 heterocycles. The van der Waals surface area contributed by atoms with E-state index >= 15 is 0 Å². The second-order valence-corrected chi connectivity index (χ2v) is 6.39. The first-order valence-corrected chi connectivity index (χ1v) is 7.99. The second-order valence-electron chi connectivity index (χ2n) is 6.39. The van der Waals surface area contributed by atoms with Crippen molar-refractivity contribution < 1.29 is 28.6 Å². The summed E-state index contributed by atoms with van der Waals surface area (Å²) < 4.78 is 16.1. The molecule has 3 aliphatic rings. The molecule has 4 atom stereocenters. The number of hydrogen-bond donors (Lipinski definition) is 0. The first-order chi connectivity index (χ1) is 12.0. The molecular weight excluding hydrogens is 326 g/mol. The van der Waals surface area contributed by atoms with Gasteiger partial charge < -0.3 is 14.2 Å². The molecule has 2 bridgehead atoms. The smallest absolute Gasteiger partial charge is 0.302 e. The van der Waals surface area contributed by atoms with Gasteiger partial charge in [0.1, 0.15) is 18.0 Å². The van der Waals surface area contributed by atoms with Gasteiger partial charge in [0.15, 0.2) is 0 Å². The van der Waals surface area contributed by atoms with Crippen molar-refractivity contribution in [1.82, 2.24) is 0 Å². The van der Waals surface area contributed by atoms with E-state index in [0.29, 0.717) is 11.4 Å². The van der Waals surface area contributed by atoms with Gasteiger partial charge in [0.05, 0.1) is 30.7 Å². The molecule has 7 nitrogen and oxygen atoms in total. The molecular formula is C18H17NO6. The van der Waals surface area contributed by atoms with Crippen LogP contribution in [-0.4, -0.2) is 43.2 Å². The molecule has 2 saturated heterocycles. The number of hydrogen-bond acceptors (Lipinski definition) is 6. The summed E-state index contributed by atoms with van der Waals surface area (Å²) in [5, 5.41) is 0. The number of methoxy groups -OCH3 is 1. The topological polar surface area (TPSA) is 82.1 Å². The van der Waals surface area contributed by atoms with Crippen LogP contribution in [0.4, 0.5) is 5.69 Å². The molecule has 0 saturated carbocycles. The average molecular weight is 343 g/mol. The molecule has 0 spiro atoms. The van der Waals surface area contributed by atoms with Crippen molar-refractivity contribution in [2.45, 2.75) is 18.6 Å². The lowest BCUT2D eigenvalue weighted by Gasteiger charge is -2.28. The summed E-state index contributed by atoms with van der Waals surface area (Å²) in [6.45, 7) is 1.22. The van der Waals surface area contributed by atoms with Crippen molar-refractivity contribution in [3.8, 4) is 5.75 Å². The monoisotopic (exact) mass is 343 g/mol. The molecule has 25 heavy (non-hydrogen) atoms. The van der Waals surface area contributed by atoms with Gasteiger partial charge in [0, 0.05) is 6.92 Å². The quantitative estimate of drug-likeness (QED) is 0.462. The zero-order valence-corrected chi connectivity index (χ0v) is 13.8. The van der Waals surface area contributed by atoms with Crippen LogP contribution in [0, 0.1) is 11.8 Å². The number of rotatable bonds is 4. The predicted molar refractivity (Wildman–Crippen MR) is 85.8 cm³/mol. The van der Waals surface area contributed by atoms with E-state index in [9.17, 15) is 14.4 Å². The highest BCUT2D eigenvalue weighted by molar-refractivity contribution is 6.23. The van der Waals surface area contributed by atoms with Crippen molar-refractivity contribution >= 4 is 23.5 Å². The summed E-state index contributed by atoms with van der Waals surface area (Å²) in [4.78, 5) is 38.3. The number of imide groups is 1. The molecule has 4 rings (SSSR count). The van der Waals surface area contributed by atoms with Gasteiger partial charge in [0.2, 0.25) is 11.8 Å². The van der Waals surface area contributed by atoms with E-state index in [4.69, 9.17) is 14.2 Å². The average Bonchev–Trinajstić information content (AvgIpc) is 3.24. The standard InChI is InChI=1S/C18H17NO6/c1-10(20)24-9-18-8-7-13(25-18)14-15(18)17(22)19(16(14)21)11-3-5-12(23-2)6-4-11/h3-8,13-15H,9H2,1-2H3/t13-,14-,15-,18+/m1/s1. The van der Waals surface area contributed by atoms with E-state index in [-0.39, 0.29) is 18.4 Å². The zero-order chi connectivity index (χ0) is 17.8. The summed E-state index contributed by atoms with van der Waals surface area (Å²) in [5.41, 5.74) is -0.568. The molecule has 2 amide bonds. The van der Waals surface area contributed by atoms with Gasteiger partial charge in [-0.05, 0) is 30.3 Å². The lowest BCUT2D eigenvalue weighted by molar-refractivity contribution is -0.150. The molecule has 0 N–H and O–H groups in total. The molecule has 0 aliphatic carbocycles. The fourth-order valence-electron chi connectivity index (χ4n) is 3.87. The van der Waals surface area contributed by atoms with Gasteiger partial charge in [-0.15, -0.1) is 0 Å². The summed E-state index contributed by atoms with van der Waals surface area (Å²) in [6.07, 6.45) is 3.04. The summed E-state index contributed by atoms with van der Waals surface area (Å²) in [5.74, 6) is -1.72. The Morgan fingerprint density at radius 1 is 1.24 bits per heavy atom. The minimum atomic E-state index is -1.06. The third-order valence-corrected chi connectivity index (χ3v) is 4.99. The Morgan fingerprint density at radius 2 is 1.96 bits per heavy atom. The summed E-state index contributed by atoms with van der Waals surface area (Å²) >= 11 is 0. The number of carbonyl (C=O) groups excluding carboxylic acids is 3. The summed E-state index contributed by atoms with van der Waals surface area (Å²) in [6, 6.07) is 6.74. The van der Waals surface area contributed by atoms with E-state index in [1.54, 1.807) is 43.5 Å². The van der Waals surface area contributed by atoms with Gasteiger partial charge in [-0.25, -0.2) is 4.90 Å². The molecule has 130 valence electrons. The molecule has 1 aromatic rings. The van der Waals surface area contributed by atoms with Gasteiger partial charge in [0.25, 0.3) is 0 Å². The van der Waals surface area contributed by atoms with Crippen LogP contribution in [0.1, 0.15) is 6.92 Å². The second kappa shape index (κ2) is 5.42. The van der Waals surface area contributed by atoms with Gasteiger partial charge in [-0.1, -0.05) is 6.08 Å². The number of esters is 1. The van der Waals surface area contributed by atoms with E-state index in [1.165, 1.54) is 11.8 Å². The molecule has 0 aromatic heterocycles. The Bertz CT molecular complexity index is 785. The highest BCUT2D eigenvalue weighted by Crippen LogP contribution is 2.52. The van der Waals surface area contributed by atoms with Crippen LogP contribution < -0.4 is 9.64 Å². The van der Waals surface area contributed by atoms with Crippen LogP contribution >= 0.6 is 0 Å². The Kier molecular flexibility index (Phi) is 3.43. The Morgan fingerprint density at radius 3 is 2.60 bits per heavy atom. The zero-order valence-electron chi connectivity index (χ0n) is 13.8. The number of benzene rings is 1. The van der Waals surface area contributed by atoms with E-state index < -0.39 is 29.5 Å². The Hall–Kier alpha value is -2.67. The van der Waals surface area contributed by atoms with Crippen molar-refractivity contribution in [3.05, 3.63) is 36.4 Å². The molecule has 3 aliphatic heterocycles. The van der Waals surface area contributed by atoms with Crippen molar-refractivity contribution in [2.75, 3.05) is 18.6 Å². The van der Waals surface area contributed by atoms with Gasteiger partial charge >= 0.3 is 5.97 Å². The molecule has 7 heteroatoms. The minimum Gasteiger partial charge on any atom is -0.497 e. The van der Waals surface area contributed by atoms with Crippen LogP contribution in [0.2, 0.25) is 0 Å². The normalized spacial score (nSPS) is 32.2. The van der Waals surface area contributed by atoms with Gasteiger partial charge in [-0.2, -0.15) is 0 Å². The molecule has 2 fully saturated rings. The molecule has 0 unspecified atom stereocenters. The fourth-order valence-corrected chi connectivity index (χ4v) is 3.87. The first kappa shape index (κ1) is 15.8. The van der Waals surface area contributed by atoms with Crippen LogP contribution in [-0.2, 0) is 23.9 Å². The molecule has 0 radical (unpaired) electrons. The van der Waals surface area contributed by atoms with E-state index in [1.807, 2.05) is 0 Å². The third-order valence-electron chi connectivity index (χ3n) is 4.99. The van der Waals surface area contributed by atoms with Crippen LogP contribution in [0.3, 0.4) is 0 Å². The van der Waals surface area contributed by atoms with Crippen molar-refractivity contribution in [1.29, 1.82) is 0 Å². The maximum absolute atomic E-state index is 13.0. The van der Waals surface area contributed by atoms with Crippen molar-refractivity contribution in [2.24, 2.45) is 11.8 Å². The lowest BCUT2D eigenvalue weighted by Crippen LogP contribution is -2.44. The Labute approximate surface area is 144 Å². The number of fused-ring (bicyclic) bond motifs is 5. The number of nitrogens with zero attached hydrogens (tertiary/aromatic N) is 1. The molecule has 1 aromatic carbocycles. The summed E-state index contributed by atoms with van der Waals surface area (Å²) in [7, 11) is 1.55. The van der Waals surface area contributed by atoms with Crippen LogP contribution in [0.5, 0.6) is 5.75 Å². The fraction of sp³-hybridized carbons (Fsp3) is 0.389. The van der Waals surface area contributed by atoms with Crippen LogP contribution in [0.15, 0.2) is 36.4 Å². The minimum absolute atomic E-state index is 0.0774. The maximum atomic E-state index is 13.0. The SMILES string of the molecule is COc1ccc(N2C(=O)[C@@H]3[C@H]4C=C[C@@](COC(C)=O)(O4)[C@H]3C2=O)cc1. The number of amides is 2.